The molecule has 0 radical (unpaired) electrons. The van der Waals surface area contributed by atoms with Crippen molar-refractivity contribution in [2.75, 3.05) is 19.7 Å². The molecule has 0 amide bonds. The van der Waals surface area contributed by atoms with Gasteiger partial charge in [-0.1, -0.05) is 30.3 Å². The van der Waals surface area contributed by atoms with Crippen molar-refractivity contribution in [1.82, 2.24) is 4.31 Å². The molecule has 0 bridgehead atoms. The summed E-state index contributed by atoms with van der Waals surface area (Å²) in [4.78, 5) is 1.00. The van der Waals surface area contributed by atoms with Crippen molar-refractivity contribution < 1.29 is 13.2 Å². The molecule has 4 nitrogen and oxygen atoms in total. The molecule has 0 aliphatic carbocycles. The average Bonchev–Trinajstić information content (AvgIpc) is 2.96. The number of morpholine rings is 1. The number of rotatable bonds is 3. The largest absolute Gasteiger partial charge is 0.371 e. The van der Waals surface area contributed by atoms with E-state index in [0.717, 1.165) is 10.4 Å². The van der Waals surface area contributed by atoms with Crippen LogP contribution in [0.3, 0.4) is 0 Å². The molecule has 0 saturated carbocycles. The predicted octanol–water partition coefficient (Wildman–Crippen LogP) is 2.82. The maximum atomic E-state index is 12.7. The number of benzene rings is 1. The first-order chi connectivity index (χ1) is 10.1. The summed E-state index contributed by atoms with van der Waals surface area (Å²) in [6, 6.07) is 13.3. The molecule has 21 heavy (non-hydrogen) atoms. The third kappa shape index (κ3) is 3.03. The fourth-order valence-electron chi connectivity index (χ4n) is 2.39. The van der Waals surface area contributed by atoms with Gasteiger partial charge in [0, 0.05) is 18.0 Å². The van der Waals surface area contributed by atoms with Crippen molar-refractivity contribution in [2.24, 2.45) is 0 Å². The molecule has 1 aromatic carbocycles. The molecule has 6 heteroatoms. The Balaban J connectivity index is 1.83. The second-order valence-electron chi connectivity index (χ2n) is 5.00. The summed E-state index contributed by atoms with van der Waals surface area (Å²) < 4.78 is 33.0. The highest BCUT2D eigenvalue weighted by Gasteiger charge is 2.32. The van der Waals surface area contributed by atoms with Gasteiger partial charge in [-0.15, -0.1) is 11.3 Å². The molecular weight excluding hydrogens is 306 g/mol. The van der Waals surface area contributed by atoms with Crippen LogP contribution in [0.15, 0.2) is 46.7 Å². The van der Waals surface area contributed by atoms with E-state index in [1.54, 1.807) is 6.07 Å². The molecular formula is C15H17NO3S2. The monoisotopic (exact) mass is 323 g/mol. The maximum absolute atomic E-state index is 12.7. The van der Waals surface area contributed by atoms with Gasteiger partial charge in [0.1, 0.15) is 4.21 Å². The van der Waals surface area contributed by atoms with Crippen molar-refractivity contribution in [3.63, 3.8) is 0 Å². The Bertz CT molecular complexity index is 710. The van der Waals surface area contributed by atoms with Gasteiger partial charge in [-0.2, -0.15) is 4.31 Å². The summed E-state index contributed by atoms with van der Waals surface area (Å²) in [7, 11) is -3.41. The van der Waals surface area contributed by atoms with Gasteiger partial charge < -0.3 is 4.74 Å². The number of aryl methyl sites for hydroxylation is 1. The van der Waals surface area contributed by atoms with Crippen molar-refractivity contribution in [3.8, 4) is 0 Å². The zero-order valence-electron chi connectivity index (χ0n) is 11.7. The van der Waals surface area contributed by atoms with Crippen LogP contribution in [0.2, 0.25) is 0 Å². The quantitative estimate of drug-likeness (QED) is 0.872. The zero-order chi connectivity index (χ0) is 14.9. The first-order valence-electron chi connectivity index (χ1n) is 6.80. The molecule has 1 unspecified atom stereocenters. The molecule has 0 spiro atoms. The molecule has 1 saturated heterocycles. The Hall–Kier alpha value is -1.21. The third-order valence-electron chi connectivity index (χ3n) is 3.51. The van der Waals surface area contributed by atoms with E-state index in [-0.39, 0.29) is 6.10 Å². The van der Waals surface area contributed by atoms with E-state index in [0.29, 0.717) is 23.9 Å². The van der Waals surface area contributed by atoms with Crippen LogP contribution < -0.4 is 0 Å². The molecule has 3 rings (SSSR count). The van der Waals surface area contributed by atoms with Gasteiger partial charge in [-0.05, 0) is 24.6 Å². The van der Waals surface area contributed by atoms with Crippen LogP contribution in [0, 0.1) is 6.92 Å². The number of nitrogens with zero attached hydrogens (tertiary/aromatic N) is 1. The summed E-state index contributed by atoms with van der Waals surface area (Å²) in [5.41, 5.74) is 1.01. The van der Waals surface area contributed by atoms with Crippen molar-refractivity contribution in [3.05, 3.63) is 52.9 Å². The summed E-state index contributed by atoms with van der Waals surface area (Å²) in [6.45, 7) is 3.10. The molecule has 2 heterocycles. The van der Waals surface area contributed by atoms with Crippen LogP contribution in [-0.4, -0.2) is 32.4 Å². The summed E-state index contributed by atoms with van der Waals surface area (Å²) in [5, 5.41) is 0. The standard InChI is InChI=1S/C15H17NO3S2/c1-12-7-8-15(20-12)21(17,18)16-9-10-19-14(11-16)13-5-3-2-4-6-13/h2-8,14H,9-11H2,1H3. The van der Waals surface area contributed by atoms with Crippen LogP contribution in [0.4, 0.5) is 0 Å². The number of hydrogen-bond donors (Lipinski definition) is 0. The molecule has 0 N–H and O–H groups in total. The van der Waals surface area contributed by atoms with Crippen molar-refractivity contribution in [1.29, 1.82) is 0 Å². The van der Waals surface area contributed by atoms with Gasteiger partial charge in [0.15, 0.2) is 0 Å². The number of sulfonamides is 1. The van der Waals surface area contributed by atoms with Crippen LogP contribution >= 0.6 is 11.3 Å². The number of hydrogen-bond acceptors (Lipinski definition) is 4. The Morgan fingerprint density at radius 2 is 1.95 bits per heavy atom. The molecule has 1 aromatic heterocycles. The van der Waals surface area contributed by atoms with Gasteiger partial charge in [-0.3, -0.25) is 0 Å². The zero-order valence-corrected chi connectivity index (χ0v) is 13.4. The maximum Gasteiger partial charge on any atom is 0.252 e. The molecule has 1 aliphatic heterocycles. The number of ether oxygens (including phenoxy) is 1. The fraction of sp³-hybridized carbons (Fsp3) is 0.333. The normalized spacial score (nSPS) is 20.5. The Morgan fingerprint density at radius 3 is 2.62 bits per heavy atom. The van der Waals surface area contributed by atoms with Gasteiger partial charge in [0.25, 0.3) is 10.0 Å². The van der Waals surface area contributed by atoms with Crippen LogP contribution in [0.25, 0.3) is 0 Å². The first-order valence-corrected chi connectivity index (χ1v) is 9.06. The van der Waals surface area contributed by atoms with Crippen LogP contribution in [0.5, 0.6) is 0 Å². The Labute approximate surface area is 129 Å². The molecule has 1 aliphatic rings. The minimum absolute atomic E-state index is 0.198. The van der Waals surface area contributed by atoms with E-state index >= 15 is 0 Å². The lowest BCUT2D eigenvalue weighted by Crippen LogP contribution is -2.41. The van der Waals surface area contributed by atoms with Gasteiger partial charge >= 0.3 is 0 Å². The van der Waals surface area contributed by atoms with E-state index < -0.39 is 10.0 Å². The highest BCUT2D eigenvalue weighted by molar-refractivity contribution is 7.91. The SMILES string of the molecule is Cc1ccc(S(=O)(=O)N2CCOC(c3ccccc3)C2)s1. The van der Waals surface area contributed by atoms with E-state index in [4.69, 9.17) is 4.74 Å². The Kier molecular flexibility index (Phi) is 4.12. The Morgan fingerprint density at radius 1 is 1.19 bits per heavy atom. The smallest absolute Gasteiger partial charge is 0.252 e. The molecule has 112 valence electrons. The lowest BCUT2D eigenvalue weighted by molar-refractivity contribution is -0.00249. The molecule has 1 fully saturated rings. The lowest BCUT2D eigenvalue weighted by atomic mass is 10.1. The second kappa shape index (κ2) is 5.88. The highest BCUT2D eigenvalue weighted by Crippen LogP contribution is 2.29. The van der Waals surface area contributed by atoms with E-state index in [2.05, 4.69) is 0 Å². The molecule has 2 aromatic rings. The van der Waals surface area contributed by atoms with Gasteiger partial charge in [0.2, 0.25) is 0 Å². The van der Waals surface area contributed by atoms with E-state index in [1.165, 1.54) is 15.6 Å². The fourth-order valence-corrected chi connectivity index (χ4v) is 5.25. The van der Waals surface area contributed by atoms with E-state index in [1.807, 2.05) is 43.3 Å². The number of thiophene rings is 1. The first kappa shape index (κ1) is 14.7. The van der Waals surface area contributed by atoms with Gasteiger partial charge in [-0.25, -0.2) is 8.42 Å². The van der Waals surface area contributed by atoms with Crippen LogP contribution in [0.1, 0.15) is 16.5 Å². The van der Waals surface area contributed by atoms with Gasteiger partial charge in [0.05, 0.1) is 12.7 Å². The minimum atomic E-state index is -3.41. The highest BCUT2D eigenvalue weighted by atomic mass is 32.2. The summed E-state index contributed by atoms with van der Waals surface area (Å²) in [5.74, 6) is 0. The minimum Gasteiger partial charge on any atom is -0.371 e. The predicted molar refractivity (Wildman–Crippen MR) is 82.9 cm³/mol. The molecule has 1 atom stereocenters. The topological polar surface area (TPSA) is 46.6 Å². The lowest BCUT2D eigenvalue weighted by Gasteiger charge is -2.32. The van der Waals surface area contributed by atoms with E-state index in [9.17, 15) is 8.42 Å². The average molecular weight is 323 g/mol. The van der Waals surface area contributed by atoms with Crippen molar-refractivity contribution >= 4 is 21.4 Å². The van der Waals surface area contributed by atoms with Crippen LogP contribution in [-0.2, 0) is 14.8 Å². The third-order valence-corrected chi connectivity index (χ3v) is 6.84. The summed E-state index contributed by atoms with van der Waals surface area (Å²) >= 11 is 1.31. The second-order valence-corrected chi connectivity index (χ2v) is 8.45. The van der Waals surface area contributed by atoms with Crippen molar-refractivity contribution in [2.45, 2.75) is 17.2 Å². The summed E-state index contributed by atoms with van der Waals surface area (Å²) in [6.07, 6.45) is -0.198.